The van der Waals surface area contributed by atoms with Gasteiger partial charge < -0.3 is 15.0 Å². The second-order valence-electron chi connectivity index (χ2n) is 6.94. The first-order valence-corrected chi connectivity index (χ1v) is 9.92. The summed E-state index contributed by atoms with van der Waals surface area (Å²) >= 11 is 0. The molecule has 1 fully saturated rings. The predicted octanol–water partition coefficient (Wildman–Crippen LogP) is 2.27. The van der Waals surface area contributed by atoms with Crippen molar-refractivity contribution >= 4 is 5.91 Å². The molecule has 7 nitrogen and oxygen atoms in total. The van der Waals surface area contributed by atoms with Crippen LogP contribution in [0.1, 0.15) is 12.0 Å². The van der Waals surface area contributed by atoms with E-state index >= 15 is 0 Å². The maximum Gasteiger partial charge on any atom is 0.224 e. The quantitative estimate of drug-likeness (QED) is 0.626. The minimum atomic E-state index is 0.174. The number of rotatable bonds is 7. The highest BCUT2D eigenvalue weighted by Gasteiger charge is 2.16. The molecule has 0 spiro atoms. The van der Waals surface area contributed by atoms with E-state index in [0.29, 0.717) is 45.8 Å². The number of amides is 1. The highest BCUT2D eigenvalue weighted by atomic mass is 16.5. The molecule has 0 aliphatic carbocycles. The van der Waals surface area contributed by atoms with E-state index < -0.39 is 0 Å². The van der Waals surface area contributed by atoms with Gasteiger partial charge in [-0.25, -0.2) is 4.68 Å². The summed E-state index contributed by atoms with van der Waals surface area (Å²) in [7, 11) is 0. The Hall–Kier alpha value is -3.03. The van der Waals surface area contributed by atoms with Gasteiger partial charge in [0.2, 0.25) is 5.91 Å². The SMILES string of the molecule is O=C(CCNCc1cn(-c2ccccc2)nc1-c1cccnc1)N1CCOCC1. The summed E-state index contributed by atoms with van der Waals surface area (Å²) in [5, 5.41) is 8.18. The Morgan fingerprint density at radius 3 is 2.69 bits per heavy atom. The van der Waals surface area contributed by atoms with Crippen molar-refractivity contribution in [3.05, 3.63) is 66.6 Å². The minimum absolute atomic E-state index is 0.174. The van der Waals surface area contributed by atoms with Crippen LogP contribution in [0.4, 0.5) is 0 Å². The van der Waals surface area contributed by atoms with Crippen molar-refractivity contribution in [1.82, 2.24) is 25.0 Å². The summed E-state index contributed by atoms with van der Waals surface area (Å²) in [5.41, 5.74) is 3.95. The molecule has 3 heterocycles. The van der Waals surface area contributed by atoms with E-state index in [1.54, 1.807) is 6.20 Å². The molecule has 3 aromatic rings. The van der Waals surface area contributed by atoms with Crippen molar-refractivity contribution < 1.29 is 9.53 Å². The number of aromatic nitrogens is 3. The van der Waals surface area contributed by atoms with Gasteiger partial charge in [0.05, 0.1) is 24.6 Å². The zero-order valence-corrected chi connectivity index (χ0v) is 16.3. The second kappa shape index (κ2) is 9.45. The Morgan fingerprint density at radius 1 is 1.10 bits per heavy atom. The molecule has 0 radical (unpaired) electrons. The molecule has 150 valence electrons. The topological polar surface area (TPSA) is 72.3 Å². The third-order valence-corrected chi connectivity index (χ3v) is 4.94. The fourth-order valence-electron chi connectivity index (χ4n) is 3.39. The molecular formula is C22H25N5O2. The second-order valence-corrected chi connectivity index (χ2v) is 6.94. The van der Waals surface area contributed by atoms with Gasteiger partial charge in [-0.2, -0.15) is 5.10 Å². The van der Waals surface area contributed by atoms with E-state index in [0.717, 1.165) is 22.5 Å². The number of carbonyl (C=O) groups excluding carboxylic acids is 1. The van der Waals surface area contributed by atoms with Crippen LogP contribution < -0.4 is 5.32 Å². The van der Waals surface area contributed by atoms with Crippen molar-refractivity contribution in [2.75, 3.05) is 32.8 Å². The average molecular weight is 391 g/mol. The monoisotopic (exact) mass is 391 g/mol. The summed E-state index contributed by atoms with van der Waals surface area (Å²) < 4.78 is 7.19. The van der Waals surface area contributed by atoms with Crippen molar-refractivity contribution in [2.45, 2.75) is 13.0 Å². The van der Waals surface area contributed by atoms with Gasteiger partial charge in [-0.05, 0) is 24.3 Å². The summed E-state index contributed by atoms with van der Waals surface area (Å²) in [6.45, 7) is 3.90. The van der Waals surface area contributed by atoms with Gasteiger partial charge in [-0.15, -0.1) is 0 Å². The maximum atomic E-state index is 12.3. The smallest absolute Gasteiger partial charge is 0.224 e. The van der Waals surface area contributed by atoms with E-state index in [1.165, 1.54) is 0 Å². The number of hydrogen-bond acceptors (Lipinski definition) is 5. The van der Waals surface area contributed by atoms with E-state index in [-0.39, 0.29) is 5.91 Å². The number of para-hydroxylation sites is 1. The molecule has 7 heteroatoms. The van der Waals surface area contributed by atoms with Gasteiger partial charge >= 0.3 is 0 Å². The molecule has 0 saturated carbocycles. The van der Waals surface area contributed by atoms with Crippen LogP contribution in [0, 0.1) is 0 Å². The number of hydrogen-bond donors (Lipinski definition) is 1. The van der Waals surface area contributed by atoms with Crippen molar-refractivity contribution in [1.29, 1.82) is 0 Å². The number of pyridine rings is 1. The summed E-state index contributed by atoms with van der Waals surface area (Å²) in [6, 6.07) is 14.0. The minimum Gasteiger partial charge on any atom is -0.378 e. The van der Waals surface area contributed by atoms with Crippen LogP contribution in [0.25, 0.3) is 16.9 Å². The Kier molecular flexibility index (Phi) is 6.29. The Balaban J connectivity index is 1.43. The molecular weight excluding hydrogens is 366 g/mol. The van der Waals surface area contributed by atoms with E-state index in [4.69, 9.17) is 9.84 Å². The van der Waals surface area contributed by atoms with E-state index in [2.05, 4.69) is 10.3 Å². The lowest BCUT2D eigenvalue weighted by molar-refractivity contribution is -0.135. The number of carbonyl (C=O) groups is 1. The first kappa shape index (κ1) is 19.3. The highest BCUT2D eigenvalue weighted by Crippen LogP contribution is 2.23. The van der Waals surface area contributed by atoms with Crippen molar-refractivity contribution in [2.24, 2.45) is 0 Å². The molecule has 4 rings (SSSR count). The lowest BCUT2D eigenvalue weighted by Crippen LogP contribution is -2.41. The van der Waals surface area contributed by atoms with Crippen molar-refractivity contribution in [3.63, 3.8) is 0 Å². The van der Waals surface area contributed by atoms with Crippen LogP contribution in [-0.4, -0.2) is 58.4 Å². The highest BCUT2D eigenvalue weighted by molar-refractivity contribution is 5.76. The van der Waals surface area contributed by atoms with Crippen LogP contribution in [0.5, 0.6) is 0 Å². The Bertz CT molecular complexity index is 921. The van der Waals surface area contributed by atoms with Crippen LogP contribution >= 0.6 is 0 Å². The van der Waals surface area contributed by atoms with Gasteiger partial charge in [-0.3, -0.25) is 9.78 Å². The number of benzene rings is 1. The summed E-state index contributed by atoms with van der Waals surface area (Å²) in [6.07, 6.45) is 6.10. The van der Waals surface area contributed by atoms with Crippen LogP contribution in [0.15, 0.2) is 61.1 Å². The van der Waals surface area contributed by atoms with Gasteiger partial charge in [0.15, 0.2) is 0 Å². The van der Waals surface area contributed by atoms with E-state index in [9.17, 15) is 4.79 Å². The molecule has 1 amide bonds. The van der Waals surface area contributed by atoms with Crippen LogP contribution in [0.3, 0.4) is 0 Å². The molecule has 0 unspecified atom stereocenters. The zero-order chi connectivity index (χ0) is 19.9. The first-order chi connectivity index (χ1) is 14.3. The fraction of sp³-hybridized carbons (Fsp3) is 0.318. The van der Waals surface area contributed by atoms with Gasteiger partial charge in [0, 0.05) is 62.3 Å². The number of nitrogens with zero attached hydrogens (tertiary/aromatic N) is 4. The van der Waals surface area contributed by atoms with Gasteiger partial charge in [0.1, 0.15) is 0 Å². The summed E-state index contributed by atoms with van der Waals surface area (Å²) in [5.74, 6) is 0.174. The molecule has 1 saturated heterocycles. The standard InChI is InChI=1S/C22H25N5O2/c28-21(26-11-13-29-14-12-26)8-10-24-16-19-17-27(20-6-2-1-3-7-20)25-22(19)18-5-4-9-23-15-18/h1-7,9,15,17,24H,8,10-14,16H2. The third kappa shape index (κ3) is 4.88. The third-order valence-electron chi connectivity index (χ3n) is 4.94. The molecule has 1 aliphatic heterocycles. The lowest BCUT2D eigenvalue weighted by Gasteiger charge is -2.26. The maximum absolute atomic E-state index is 12.3. The first-order valence-electron chi connectivity index (χ1n) is 9.92. The molecule has 2 aromatic heterocycles. The summed E-state index contributed by atoms with van der Waals surface area (Å²) in [4.78, 5) is 18.4. The zero-order valence-electron chi connectivity index (χ0n) is 16.3. The molecule has 1 aliphatic rings. The Morgan fingerprint density at radius 2 is 1.93 bits per heavy atom. The van der Waals surface area contributed by atoms with E-state index in [1.807, 2.05) is 64.4 Å². The van der Waals surface area contributed by atoms with Crippen LogP contribution in [0.2, 0.25) is 0 Å². The van der Waals surface area contributed by atoms with Crippen molar-refractivity contribution in [3.8, 4) is 16.9 Å². The number of morpholine rings is 1. The molecule has 29 heavy (non-hydrogen) atoms. The Labute approximate surface area is 170 Å². The van der Waals surface area contributed by atoms with Gasteiger partial charge in [0.25, 0.3) is 0 Å². The lowest BCUT2D eigenvalue weighted by atomic mass is 10.1. The molecule has 1 aromatic carbocycles. The fourth-order valence-corrected chi connectivity index (χ4v) is 3.39. The normalized spacial score (nSPS) is 14.1. The van der Waals surface area contributed by atoms with Gasteiger partial charge in [-0.1, -0.05) is 18.2 Å². The predicted molar refractivity (Wildman–Crippen MR) is 111 cm³/mol. The number of nitrogens with one attached hydrogen (secondary N) is 1. The van der Waals surface area contributed by atoms with Crippen LogP contribution in [-0.2, 0) is 16.1 Å². The average Bonchev–Trinajstić information content (AvgIpc) is 3.22. The molecule has 1 N–H and O–H groups in total. The number of ether oxygens (including phenoxy) is 1. The molecule has 0 bridgehead atoms. The molecule has 0 atom stereocenters. The largest absolute Gasteiger partial charge is 0.378 e.